The van der Waals surface area contributed by atoms with E-state index in [1.54, 1.807) is 35.0 Å². The number of fused-ring (bicyclic) bond motifs is 1. The van der Waals surface area contributed by atoms with Crippen LogP contribution in [0, 0.1) is 0 Å². The van der Waals surface area contributed by atoms with Gasteiger partial charge >= 0.3 is 12.0 Å². The van der Waals surface area contributed by atoms with Gasteiger partial charge in [0.2, 0.25) is 0 Å². The van der Waals surface area contributed by atoms with Crippen molar-refractivity contribution in [2.24, 2.45) is 5.73 Å². The molecule has 1 aliphatic rings. The molecule has 9 nitrogen and oxygen atoms in total. The van der Waals surface area contributed by atoms with Crippen molar-refractivity contribution in [3.8, 4) is 0 Å². The van der Waals surface area contributed by atoms with Crippen molar-refractivity contribution in [2.75, 3.05) is 56.2 Å². The molecule has 0 aliphatic carbocycles. The van der Waals surface area contributed by atoms with Gasteiger partial charge in [-0.1, -0.05) is 35.3 Å². The first-order chi connectivity index (χ1) is 16.9. The van der Waals surface area contributed by atoms with Gasteiger partial charge in [-0.15, -0.1) is 5.10 Å². The summed E-state index contributed by atoms with van der Waals surface area (Å²) in [5, 5.41) is 5.58. The van der Waals surface area contributed by atoms with Crippen molar-refractivity contribution < 1.29 is 14.3 Å². The minimum Gasteiger partial charge on any atom is -0.465 e. The normalized spacial score (nSPS) is 14.3. The Morgan fingerprint density at radius 1 is 1.09 bits per heavy atom. The Morgan fingerprint density at radius 3 is 2.57 bits per heavy atom. The summed E-state index contributed by atoms with van der Waals surface area (Å²) < 4.78 is 6.48. The predicted molar refractivity (Wildman–Crippen MR) is 138 cm³/mol. The Labute approximate surface area is 213 Å². The molecule has 1 fully saturated rings. The maximum atomic E-state index is 12.5. The number of unbranched alkanes of at least 4 members (excludes halogenated alkanes) is 1. The SMILES string of the molecule is COC(=O)c1c(N(CCCCN2CCN(c3cccc(Cl)c3Cl)CC2)C(N)=O)nn2ccccc12. The second-order valence-electron chi connectivity index (χ2n) is 8.32. The van der Waals surface area contributed by atoms with E-state index >= 15 is 0 Å². The van der Waals surface area contributed by atoms with Crippen molar-refractivity contribution in [3.05, 3.63) is 58.2 Å². The van der Waals surface area contributed by atoms with Crippen molar-refractivity contribution >= 4 is 52.2 Å². The number of nitrogens with two attached hydrogens (primary N) is 1. The summed E-state index contributed by atoms with van der Waals surface area (Å²) >= 11 is 12.5. The fraction of sp³-hybridized carbons (Fsp3) is 0.375. The summed E-state index contributed by atoms with van der Waals surface area (Å²) in [6.07, 6.45) is 3.28. The zero-order valence-corrected chi connectivity index (χ0v) is 21.0. The lowest BCUT2D eigenvalue weighted by Gasteiger charge is -2.36. The lowest BCUT2D eigenvalue weighted by molar-refractivity contribution is 0.0603. The second-order valence-corrected chi connectivity index (χ2v) is 9.10. The van der Waals surface area contributed by atoms with Crippen LogP contribution in [0.25, 0.3) is 5.52 Å². The first-order valence-corrected chi connectivity index (χ1v) is 12.2. The minimum atomic E-state index is -0.662. The molecule has 1 aromatic carbocycles. The first kappa shape index (κ1) is 25.1. The molecule has 11 heteroatoms. The van der Waals surface area contributed by atoms with E-state index in [-0.39, 0.29) is 11.4 Å². The highest BCUT2D eigenvalue weighted by molar-refractivity contribution is 6.43. The zero-order chi connectivity index (χ0) is 24.9. The quantitative estimate of drug-likeness (QED) is 0.358. The van der Waals surface area contributed by atoms with Crippen molar-refractivity contribution in [3.63, 3.8) is 0 Å². The third-order valence-corrected chi connectivity index (χ3v) is 6.99. The number of pyridine rings is 1. The molecular weight excluding hydrogens is 491 g/mol. The van der Waals surface area contributed by atoms with Gasteiger partial charge in [0.15, 0.2) is 5.82 Å². The molecular formula is C24H28Cl2N6O3. The molecule has 3 heterocycles. The number of amides is 2. The molecule has 2 N–H and O–H groups in total. The number of hydrogen-bond donors (Lipinski definition) is 1. The maximum absolute atomic E-state index is 12.5. The summed E-state index contributed by atoms with van der Waals surface area (Å²) in [7, 11) is 1.30. The van der Waals surface area contributed by atoms with E-state index in [9.17, 15) is 9.59 Å². The van der Waals surface area contributed by atoms with Gasteiger partial charge in [-0.05, 0) is 43.7 Å². The van der Waals surface area contributed by atoms with Crippen LogP contribution >= 0.6 is 23.2 Å². The van der Waals surface area contributed by atoms with E-state index in [0.29, 0.717) is 28.5 Å². The molecule has 2 amide bonds. The van der Waals surface area contributed by atoms with Gasteiger partial charge in [-0.3, -0.25) is 9.80 Å². The molecule has 1 aliphatic heterocycles. The van der Waals surface area contributed by atoms with Crippen molar-refractivity contribution in [1.82, 2.24) is 14.5 Å². The molecule has 3 aromatic rings. The fourth-order valence-electron chi connectivity index (χ4n) is 4.35. The van der Waals surface area contributed by atoms with Gasteiger partial charge in [-0.25, -0.2) is 14.1 Å². The molecule has 0 unspecified atom stereocenters. The number of carbonyl (C=O) groups is 2. The number of esters is 1. The van der Waals surface area contributed by atoms with Gasteiger partial charge in [0.25, 0.3) is 0 Å². The minimum absolute atomic E-state index is 0.211. The van der Waals surface area contributed by atoms with E-state index in [0.717, 1.165) is 44.8 Å². The van der Waals surface area contributed by atoms with Gasteiger partial charge in [0.05, 0.1) is 28.4 Å². The predicted octanol–water partition coefficient (Wildman–Crippen LogP) is 3.92. The highest BCUT2D eigenvalue weighted by Gasteiger charge is 2.27. The number of urea groups is 1. The Morgan fingerprint density at radius 2 is 1.86 bits per heavy atom. The second kappa shape index (κ2) is 11.2. The lowest BCUT2D eigenvalue weighted by atomic mass is 10.2. The summed E-state index contributed by atoms with van der Waals surface area (Å²) in [4.78, 5) is 30.7. The highest BCUT2D eigenvalue weighted by Crippen LogP contribution is 2.33. The Kier molecular flexibility index (Phi) is 8.00. The third kappa shape index (κ3) is 5.47. The van der Waals surface area contributed by atoms with Crippen LogP contribution in [0.2, 0.25) is 10.0 Å². The van der Waals surface area contributed by atoms with Gasteiger partial charge in [0.1, 0.15) is 5.56 Å². The van der Waals surface area contributed by atoms with E-state index < -0.39 is 12.0 Å². The molecule has 4 rings (SSSR count). The summed E-state index contributed by atoms with van der Waals surface area (Å²) in [5.74, 6) is -0.354. The Hall–Kier alpha value is -3.01. The number of aromatic nitrogens is 2. The third-order valence-electron chi connectivity index (χ3n) is 6.18. The molecule has 0 bridgehead atoms. The number of primary amides is 1. The number of anilines is 2. The lowest BCUT2D eigenvalue weighted by Crippen LogP contribution is -2.46. The number of halogens is 2. The summed E-state index contributed by atoms with van der Waals surface area (Å²) in [6, 6.07) is 10.4. The Balaban J connectivity index is 1.34. The van der Waals surface area contributed by atoms with Crippen LogP contribution in [0.3, 0.4) is 0 Å². The molecule has 2 aromatic heterocycles. The molecule has 0 saturated carbocycles. The van der Waals surface area contributed by atoms with E-state index in [2.05, 4.69) is 14.9 Å². The molecule has 186 valence electrons. The van der Waals surface area contributed by atoms with E-state index in [1.807, 2.05) is 12.1 Å². The fourth-order valence-corrected chi connectivity index (χ4v) is 4.76. The molecule has 0 spiro atoms. The number of carbonyl (C=O) groups excluding carboxylic acids is 2. The van der Waals surface area contributed by atoms with Gasteiger partial charge in [-0.2, -0.15) is 0 Å². The van der Waals surface area contributed by atoms with Crippen LogP contribution in [-0.2, 0) is 4.74 Å². The number of rotatable bonds is 8. The van der Waals surface area contributed by atoms with E-state index in [4.69, 9.17) is 33.7 Å². The number of nitrogens with zero attached hydrogens (tertiary/aromatic N) is 5. The topological polar surface area (TPSA) is 96.4 Å². The van der Waals surface area contributed by atoms with Crippen LogP contribution in [0.5, 0.6) is 0 Å². The van der Waals surface area contributed by atoms with Crippen LogP contribution < -0.4 is 15.5 Å². The van der Waals surface area contributed by atoms with Crippen LogP contribution in [-0.4, -0.2) is 72.9 Å². The molecule has 1 saturated heterocycles. The molecule has 35 heavy (non-hydrogen) atoms. The van der Waals surface area contributed by atoms with Gasteiger partial charge < -0.3 is 15.4 Å². The van der Waals surface area contributed by atoms with Crippen LogP contribution in [0.4, 0.5) is 16.3 Å². The number of methoxy groups -OCH3 is 1. The van der Waals surface area contributed by atoms with Gasteiger partial charge in [0, 0.05) is 38.9 Å². The number of ether oxygens (including phenoxy) is 1. The van der Waals surface area contributed by atoms with Crippen molar-refractivity contribution in [2.45, 2.75) is 12.8 Å². The number of benzene rings is 1. The molecule has 0 radical (unpaired) electrons. The summed E-state index contributed by atoms with van der Waals surface area (Å²) in [5.41, 5.74) is 7.41. The zero-order valence-electron chi connectivity index (χ0n) is 19.5. The first-order valence-electron chi connectivity index (χ1n) is 11.4. The van der Waals surface area contributed by atoms with Crippen LogP contribution in [0.15, 0.2) is 42.6 Å². The average molecular weight is 519 g/mol. The number of hydrogen-bond acceptors (Lipinski definition) is 6. The highest BCUT2D eigenvalue weighted by atomic mass is 35.5. The summed E-state index contributed by atoms with van der Waals surface area (Å²) in [6.45, 7) is 4.76. The largest absolute Gasteiger partial charge is 0.465 e. The van der Waals surface area contributed by atoms with Crippen LogP contribution in [0.1, 0.15) is 23.2 Å². The smallest absolute Gasteiger partial charge is 0.343 e. The Bertz CT molecular complexity index is 1210. The average Bonchev–Trinajstić information content (AvgIpc) is 3.24. The standard InChI is InChI=1S/C24H28Cl2N6O3/c1-35-23(33)20-18-8-2-3-12-32(18)28-22(20)31(24(27)34)11-5-4-10-29-13-15-30(16-14-29)19-9-6-7-17(25)21(19)26/h2-3,6-9,12H,4-5,10-11,13-16H2,1H3,(H2,27,34). The number of piperazine rings is 1. The monoisotopic (exact) mass is 518 g/mol. The maximum Gasteiger partial charge on any atom is 0.343 e. The van der Waals surface area contributed by atoms with E-state index in [1.165, 1.54) is 12.0 Å². The molecule has 0 atom stereocenters. The van der Waals surface area contributed by atoms with Crippen molar-refractivity contribution in [1.29, 1.82) is 0 Å².